The summed E-state index contributed by atoms with van der Waals surface area (Å²) < 4.78 is 0. The lowest BCUT2D eigenvalue weighted by molar-refractivity contribution is 1.02. The number of rotatable bonds is 4. The number of nitrogens with two attached hydrogens (primary N) is 1. The van der Waals surface area contributed by atoms with E-state index in [0.717, 1.165) is 5.69 Å². The van der Waals surface area contributed by atoms with Crippen LogP contribution in [0.1, 0.15) is 5.69 Å². The Morgan fingerprint density at radius 3 is 3.20 bits per heavy atom. The number of aromatic nitrogens is 2. The van der Waals surface area contributed by atoms with Gasteiger partial charge in [-0.15, -0.1) is 6.42 Å². The fraction of sp³-hybridized carbons (Fsp3) is 0.0909. The quantitative estimate of drug-likeness (QED) is 0.615. The molecule has 15 heavy (non-hydrogen) atoms. The van der Waals surface area contributed by atoms with Gasteiger partial charge in [-0.3, -0.25) is 0 Å². The van der Waals surface area contributed by atoms with Gasteiger partial charge in [0.25, 0.3) is 0 Å². The van der Waals surface area contributed by atoms with Crippen molar-refractivity contribution in [2.75, 3.05) is 5.75 Å². The summed E-state index contributed by atoms with van der Waals surface area (Å²) in [4.78, 5) is 0. The second-order valence-corrected chi connectivity index (χ2v) is 3.62. The summed E-state index contributed by atoms with van der Waals surface area (Å²) in [5.41, 5.74) is 6.46. The Labute approximate surface area is 93.5 Å². The Kier molecular flexibility index (Phi) is 5.06. The Hall–Kier alpha value is -1.73. The average molecular weight is 217 g/mol. The van der Waals surface area contributed by atoms with Crippen molar-refractivity contribution in [3.63, 3.8) is 0 Å². The summed E-state index contributed by atoms with van der Waals surface area (Å²) >= 11 is 1.43. The van der Waals surface area contributed by atoms with Crippen LogP contribution in [0.15, 0.2) is 35.5 Å². The molecule has 0 aliphatic rings. The third-order valence-corrected chi connectivity index (χ3v) is 2.22. The van der Waals surface area contributed by atoms with Crippen molar-refractivity contribution in [1.29, 1.82) is 0 Å². The van der Waals surface area contributed by atoms with E-state index in [2.05, 4.69) is 16.1 Å². The molecular formula is C11H11N3S. The van der Waals surface area contributed by atoms with Crippen LogP contribution in [-0.4, -0.2) is 16.0 Å². The summed E-state index contributed by atoms with van der Waals surface area (Å²) in [7, 11) is 0. The molecule has 0 saturated heterocycles. The first-order valence-corrected chi connectivity index (χ1v) is 5.29. The summed E-state index contributed by atoms with van der Waals surface area (Å²) in [6, 6.07) is 3.69. The van der Waals surface area contributed by atoms with Crippen molar-refractivity contribution < 1.29 is 0 Å². The largest absolute Gasteiger partial charge is 0.394 e. The van der Waals surface area contributed by atoms with Crippen LogP contribution in [0.3, 0.4) is 0 Å². The number of thioether (sulfide) groups is 1. The van der Waals surface area contributed by atoms with E-state index in [1.165, 1.54) is 11.8 Å². The molecule has 1 rings (SSSR count). The predicted molar refractivity (Wildman–Crippen MR) is 64.6 cm³/mol. The van der Waals surface area contributed by atoms with Gasteiger partial charge >= 0.3 is 0 Å². The fourth-order valence-electron chi connectivity index (χ4n) is 0.817. The van der Waals surface area contributed by atoms with Crippen molar-refractivity contribution in [3.05, 3.63) is 41.2 Å². The highest BCUT2D eigenvalue weighted by atomic mass is 32.2. The second-order valence-electron chi connectivity index (χ2n) is 2.57. The zero-order chi connectivity index (χ0) is 10.9. The minimum Gasteiger partial charge on any atom is -0.394 e. The molecule has 0 aliphatic heterocycles. The van der Waals surface area contributed by atoms with Gasteiger partial charge in [-0.25, -0.2) is 0 Å². The van der Waals surface area contributed by atoms with Crippen LogP contribution in [0.5, 0.6) is 0 Å². The van der Waals surface area contributed by atoms with Gasteiger partial charge in [0.05, 0.1) is 16.5 Å². The molecule has 0 radical (unpaired) electrons. The maximum absolute atomic E-state index is 5.67. The van der Waals surface area contributed by atoms with E-state index in [-0.39, 0.29) is 0 Å². The van der Waals surface area contributed by atoms with Crippen molar-refractivity contribution in [3.8, 4) is 12.3 Å². The third kappa shape index (κ3) is 4.89. The molecule has 0 spiro atoms. The minimum absolute atomic E-state index is 0.585. The van der Waals surface area contributed by atoms with E-state index in [9.17, 15) is 0 Å². The average Bonchev–Trinajstić information content (AvgIpc) is 2.28. The summed E-state index contributed by atoms with van der Waals surface area (Å²) in [5, 5.41) is 8.33. The van der Waals surface area contributed by atoms with Crippen LogP contribution in [0, 0.1) is 12.3 Å². The molecule has 4 heteroatoms. The minimum atomic E-state index is 0.585. The molecule has 1 aromatic heterocycles. The van der Waals surface area contributed by atoms with Gasteiger partial charge in [0.15, 0.2) is 0 Å². The van der Waals surface area contributed by atoms with E-state index in [1.54, 1.807) is 12.3 Å². The van der Waals surface area contributed by atoms with Crippen molar-refractivity contribution >= 4 is 17.8 Å². The number of allylic oxidation sites excluding steroid dienone is 2. The molecule has 0 aromatic carbocycles. The molecule has 0 bridgehead atoms. The zero-order valence-corrected chi connectivity index (χ0v) is 8.95. The van der Waals surface area contributed by atoms with Crippen LogP contribution in [0.25, 0.3) is 6.08 Å². The van der Waals surface area contributed by atoms with Crippen LogP contribution in [0.2, 0.25) is 0 Å². The first-order chi connectivity index (χ1) is 7.33. The molecule has 0 aliphatic carbocycles. The lowest BCUT2D eigenvalue weighted by Crippen LogP contribution is -1.91. The molecule has 0 fully saturated rings. The van der Waals surface area contributed by atoms with Crippen molar-refractivity contribution in [1.82, 2.24) is 10.2 Å². The molecule has 76 valence electrons. The predicted octanol–water partition coefficient (Wildman–Crippen LogP) is 1.66. The van der Waals surface area contributed by atoms with E-state index in [4.69, 9.17) is 12.2 Å². The third-order valence-electron chi connectivity index (χ3n) is 1.44. The molecule has 3 nitrogen and oxygen atoms in total. The lowest BCUT2D eigenvalue weighted by Gasteiger charge is -1.93. The Morgan fingerprint density at radius 1 is 1.67 bits per heavy atom. The number of terminal acetylenes is 1. The summed E-state index contributed by atoms with van der Waals surface area (Å²) in [6.45, 7) is 0. The Morgan fingerprint density at radius 2 is 2.53 bits per heavy atom. The molecule has 1 heterocycles. The van der Waals surface area contributed by atoms with E-state index >= 15 is 0 Å². The number of hydrogen-bond donors (Lipinski definition) is 1. The van der Waals surface area contributed by atoms with Gasteiger partial charge in [-0.1, -0.05) is 23.8 Å². The highest BCUT2D eigenvalue weighted by molar-refractivity contribution is 8.03. The Balaban J connectivity index is 2.49. The van der Waals surface area contributed by atoms with Crippen molar-refractivity contribution in [2.45, 2.75) is 0 Å². The molecule has 0 atom stereocenters. The lowest BCUT2D eigenvalue weighted by atomic mass is 10.3. The van der Waals surface area contributed by atoms with Crippen molar-refractivity contribution in [2.24, 2.45) is 5.73 Å². The van der Waals surface area contributed by atoms with E-state index in [1.807, 2.05) is 24.3 Å². The molecule has 1 aromatic rings. The van der Waals surface area contributed by atoms with E-state index < -0.39 is 0 Å². The summed E-state index contributed by atoms with van der Waals surface area (Å²) in [6.07, 6.45) is 12.2. The smallest absolute Gasteiger partial charge is 0.0857 e. The number of nitrogens with zero attached hydrogens (tertiary/aromatic N) is 2. The van der Waals surface area contributed by atoms with Gasteiger partial charge in [-0.05, 0) is 24.3 Å². The summed E-state index contributed by atoms with van der Waals surface area (Å²) in [5.74, 6) is 3.09. The highest BCUT2D eigenvalue weighted by Crippen LogP contribution is 2.08. The maximum Gasteiger partial charge on any atom is 0.0857 e. The molecule has 0 amide bonds. The van der Waals surface area contributed by atoms with Gasteiger partial charge in [0.1, 0.15) is 0 Å². The van der Waals surface area contributed by atoms with Gasteiger partial charge in [0, 0.05) is 6.20 Å². The molecule has 0 unspecified atom stereocenters. The van der Waals surface area contributed by atoms with Crippen LogP contribution < -0.4 is 5.73 Å². The number of hydrogen-bond acceptors (Lipinski definition) is 4. The first-order valence-electron chi connectivity index (χ1n) is 4.30. The Bertz CT molecular complexity index is 390. The monoisotopic (exact) mass is 217 g/mol. The maximum atomic E-state index is 5.67. The first kappa shape index (κ1) is 11.3. The van der Waals surface area contributed by atoms with Gasteiger partial charge < -0.3 is 5.73 Å². The highest BCUT2D eigenvalue weighted by Gasteiger charge is 1.87. The van der Waals surface area contributed by atoms with Crippen LogP contribution in [-0.2, 0) is 0 Å². The van der Waals surface area contributed by atoms with Crippen LogP contribution >= 0.6 is 11.8 Å². The second kappa shape index (κ2) is 6.68. The van der Waals surface area contributed by atoms with Gasteiger partial charge in [-0.2, -0.15) is 10.2 Å². The standard InChI is InChI=1S/C11H11N3S/c1-2-9-15-11(12)7-3-5-10-6-4-8-13-14-10/h1,3-8H,9,12H2. The fourth-order valence-corrected chi connectivity index (χ4v) is 1.24. The normalized spacial score (nSPS) is 11.5. The van der Waals surface area contributed by atoms with Crippen LogP contribution in [0.4, 0.5) is 0 Å². The molecular weight excluding hydrogens is 206 g/mol. The zero-order valence-electron chi connectivity index (χ0n) is 8.13. The topological polar surface area (TPSA) is 51.8 Å². The molecule has 2 N–H and O–H groups in total. The molecule has 0 saturated carbocycles. The SMILES string of the molecule is C#CCSC(N)=CC=Cc1cccnn1. The van der Waals surface area contributed by atoms with E-state index in [0.29, 0.717) is 10.8 Å². The van der Waals surface area contributed by atoms with Gasteiger partial charge in [0.2, 0.25) is 0 Å².